The molecule has 0 saturated heterocycles. The first-order chi connectivity index (χ1) is 15.2. The van der Waals surface area contributed by atoms with E-state index in [1.807, 2.05) is 78.9 Å². The van der Waals surface area contributed by atoms with E-state index in [4.69, 9.17) is 4.74 Å². The number of hydrogen-bond acceptors (Lipinski definition) is 4. The summed E-state index contributed by atoms with van der Waals surface area (Å²) in [4.78, 5) is 12.3. The summed E-state index contributed by atoms with van der Waals surface area (Å²) >= 11 is 3.40. The summed E-state index contributed by atoms with van der Waals surface area (Å²) in [5.74, 6) is 0.357. The van der Waals surface area contributed by atoms with Crippen LogP contribution in [0.1, 0.15) is 21.6 Å². The SMILES string of the molecule is O=C(N/N=C/c1cccc(Br)c1)c1cc(-c2cccc(OCc3ccccc3)c2)n[nH]1. The Bertz CT molecular complexity index is 1200. The van der Waals surface area contributed by atoms with Gasteiger partial charge in [0.05, 0.1) is 11.9 Å². The number of aromatic amines is 1. The molecule has 0 bridgehead atoms. The van der Waals surface area contributed by atoms with Crippen LogP contribution in [0.2, 0.25) is 0 Å². The lowest BCUT2D eigenvalue weighted by Crippen LogP contribution is -2.17. The lowest BCUT2D eigenvalue weighted by molar-refractivity contribution is 0.0950. The van der Waals surface area contributed by atoms with Crippen molar-refractivity contribution in [1.29, 1.82) is 0 Å². The Morgan fingerprint density at radius 3 is 2.71 bits per heavy atom. The van der Waals surface area contributed by atoms with E-state index in [0.717, 1.165) is 26.9 Å². The maximum absolute atomic E-state index is 12.3. The van der Waals surface area contributed by atoms with Crippen molar-refractivity contribution in [2.75, 3.05) is 0 Å². The number of amides is 1. The predicted octanol–water partition coefficient (Wildman–Crippen LogP) is 5.18. The number of nitrogens with zero attached hydrogens (tertiary/aromatic N) is 2. The first kappa shape index (κ1) is 20.6. The number of rotatable bonds is 7. The quantitative estimate of drug-likeness (QED) is 0.286. The fourth-order valence-corrected chi connectivity index (χ4v) is 3.30. The molecule has 0 aliphatic rings. The van der Waals surface area contributed by atoms with E-state index in [1.54, 1.807) is 12.3 Å². The average molecular weight is 475 g/mol. The van der Waals surface area contributed by atoms with Gasteiger partial charge in [-0.05, 0) is 41.5 Å². The van der Waals surface area contributed by atoms with Crippen molar-refractivity contribution in [3.8, 4) is 17.0 Å². The predicted molar refractivity (Wildman–Crippen MR) is 124 cm³/mol. The zero-order valence-corrected chi connectivity index (χ0v) is 18.0. The summed E-state index contributed by atoms with van der Waals surface area (Å²) in [5.41, 5.74) is 6.27. The summed E-state index contributed by atoms with van der Waals surface area (Å²) in [6.07, 6.45) is 1.58. The number of nitrogens with one attached hydrogen (secondary N) is 2. The van der Waals surface area contributed by atoms with Gasteiger partial charge in [0, 0.05) is 10.0 Å². The fraction of sp³-hybridized carbons (Fsp3) is 0.0417. The topological polar surface area (TPSA) is 79.4 Å². The number of hydrazone groups is 1. The Morgan fingerprint density at radius 2 is 1.87 bits per heavy atom. The largest absolute Gasteiger partial charge is 0.489 e. The molecule has 0 spiro atoms. The molecule has 31 heavy (non-hydrogen) atoms. The summed E-state index contributed by atoms with van der Waals surface area (Å²) in [6.45, 7) is 0.481. The molecular weight excluding hydrogens is 456 g/mol. The van der Waals surface area contributed by atoms with Crippen LogP contribution < -0.4 is 10.2 Å². The minimum absolute atomic E-state index is 0.317. The van der Waals surface area contributed by atoms with Crippen LogP contribution in [0.15, 0.2) is 94.5 Å². The summed E-state index contributed by atoms with van der Waals surface area (Å²) in [5, 5.41) is 11.0. The van der Waals surface area contributed by atoms with Crippen LogP contribution in [0.4, 0.5) is 0 Å². The lowest BCUT2D eigenvalue weighted by atomic mass is 10.1. The van der Waals surface area contributed by atoms with E-state index in [2.05, 4.69) is 36.7 Å². The average Bonchev–Trinajstić information content (AvgIpc) is 3.29. The molecule has 0 aliphatic heterocycles. The summed E-state index contributed by atoms with van der Waals surface area (Å²) in [7, 11) is 0. The standard InChI is InChI=1S/C24H19BrN4O2/c25-20-10-4-8-18(12-20)15-26-29-24(30)23-14-22(27-28-23)19-9-5-11-21(13-19)31-16-17-6-2-1-3-7-17/h1-15H,16H2,(H,27,28)(H,29,30)/b26-15+. The van der Waals surface area contributed by atoms with E-state index >= 15 is 0 Å². The van der Waals surface area contributed by atoms with Gasteiger partial charge in [-0.2, -0.15) is 10.2 Å². The molecular formula is C24H19BrN4O2. The highest BCUT2D eigenvalue weighted by Gasteiger charge is 2.11. The van der Waals surface area contributed by atoms with Crippen molar-refractivity contribution in [2.45, 2.75) is 6.61 Å². The molecule has 154 valence electrons. The minimum atomic E-state index is -0.374. The fourth-order valence-electron chi connectivity index (χ4n) is 2.88. The number of benzene rings is 3. The van der Waals surface area contributed by atoms with E-state index in [1.165, 1.54) is 0 Å². The van der Waals surface area contributed by atoms with Crippen molar-refractivity contribution in [3.63, 3.8) is 0 Å². The Kier molecular flexibility index (Phi) is 6.54. The van der Waals surface area contributed by atoms with Crippen LogP contribution in [0, 0.1) is 0 Å². The molecule has 3 aromatic carbocycles. The van der Waals surface area contributed by atoms with E-state index in [-0.39, 0.29) is 5.91 Å². The van der Waals surface area contributed by atoms with Gasteiger partial charge in [0.15, 0.2) is 0 Å². The molecule has 2 N–H and O–H groups in total. The molecule has 4 rings (SSSR count). The number of carbonyl (C=O) groups is 1. The van der Waals surface area contributed by atoms with Crippen molar-refractivity contribution in [3.05, 3.63) is 106 Å². The molecule has 1 aromatic heterocycles. The van der Waals surface area contributed by atoms with E-state index in [0.29, 0.717) is 18.0 Å². The second-order valence-electron chi connectivity index (χ2n) is 6.72. The third kappa shape index (κ3) is 5.67. The molecule has 4 aromatic rings. The van der Waals surface area contributed by atoms with Gasteiger partial charge in [-0.3, -0.25) is 9.89 Å². The van der Waals surface area contributed by atoms with Gasteiger partial charge >= 0.3 is 0 Å². The van der Waals surface area contributed by atoms with Crippen molar-refractivity contribution < 1.29 is 9.53 Å². The highest BCUT2D eigenvalue weighted by molar-refractivity contribution is 9.10. The highest BCUT2D eigenvalue weighted by Crippen LogP contribution is 2.23. The van der Waals surface area contributed by atoms with Crippen LogP contribution in [-0.4, -0.2) is 22.3 Å². The minimum Gasteiger partial charge on any atom is -0.489 e. The Balaban J connectivity index is 1.39. The van der Waals surface area contributed by atoms with Gasteiger partial charge in [0.25, 0.3) is 5.91 Å². The number of carbonyl (C=O) groups excluding carboxylic acids is 1. The van der Waals surface area contributed by atoms with Gasteiger partial charge in [-0.1, -0.05) is 70.5 Å². The smallest absolute Gasteiger partial charge is 0.289 e. The Labute approximate surface area is 188 Å². The third-order valence-electron chi connectivity index (χ3n) is 4.43. The monoisotopic (exact) mass is 474 g/mol. The Morgan fingerprint density at radius 1 is 1.03 bits per heavy atom. The maximum Gasteiger partial charge on any atom is 0.289 e. The second kappa shape index (κ2) is 9.86. The molecule has 7 heteroatoms. The van der Waals surface area contributed by atoms with E-state index in [9.17, 15) is 4.79 Å². The zero-order valence-electron chi connectivity index (χ0n) is 16.5. The summed E-state index contributed by atoms with van der Waals surface area (Å²) in [6, 6.07) is 26.8. The molecule has 0 radical (unpaired) electrons. The van der Waals surface area contributed by atoms with Crippen molar-refractivity contribution >= 4 is 28.1 Å². The molecule has 1 amide bonds. The lowest BCUT2D eigenvalue weighted by Gasteiger charge is -2.07. The number of ether oxygens (including phenoxy) is 1. The van der Waals surface area contributed by atoms with Crippen LogP contribution in [0.3, 0.4) is 0 Å². The third-order valence-corrected chi connectivity index (χ3v) is 4.92. The molecule has 0 atom stereocenters. The van der Waals surface area contributed by atoms with Gasteiger partial charge in [-0.15, -0.1) is 0 Å². The molecule has 6 nitrogen and oxygen atoms in total. The number of aromatic nitrogens is 2. The highest BCUT2D eigenvalue weighted by atomic mass is 79.9. The van der Waals surface area contributed by atoms with Crippen LogP contribution >= 0.6 is 15.9 Å². The molecule has 0 saturated carbocycles. The zero-order chi connectivity index (χ0) is 21.5. The number of hydrogen-bond donors (Lipinski definition) is 2. The van der Waals surface area contributed by atoms with E-state index < -0.39 is 0 Å². The molecule has 1 heterocycles. The second-order valence-corrected chi connectivity index (χ2v) is 7.64. The van der Waals surface area contributed by atoms with Crippen molar-refractivity contribution in [1.82, 2.24) is 15.6 Å². The number of H-pyrrole nitrogens is 1. The van der Waals surface area contributed by atoms with Crippen LogP contribution in [-0.2, 0) is 6.61 Å². The van der Waals surface area contributed by atoms with Crippen molar-refractivity contribution in [2.24, 2.45) is 5.10 Å². The Hall–Kier alpha value is -3.71. The van der Waals surface area contributed by atoms with Gasteiger partial charge in [0.1, 0.15) is 18.1 Å². The normalized spacial score (nSPS) is 10.9. The summed E-state index contributed by atoms with van der Waals surface area (Å²) < 4.78 is 6.81. The maximum atomic E-state index is 12.3. The first-order valence-corrected chi connectivity index (χ1v) is 10.4. The molecule has 0 fully saturated rings. The molecule has 0 unspecified atom stereocenters. The van der Waals surface area contributed by atoms with Crippen LogP contribution in [0.25, 0.3) is 11.3 Å². The van der Waals surface area contributed by atoms with Gasteiger partial charge in [-0.25, -0.2) is 5.43 Å². The first-order valence-electron chi connectivity index (χ1n) is 9.59. The van der Waals surface area contributed by atoms with Gasteiger partial charge < -0.3 is 4.74 Å². The molecule has 0 aliphatic carbocycles. The van der Waals surface area contributed by atoms with Gasteiger partial charge in [0.2, 0.25) is 0 Å². The number of halogens is 1. The van der Waals surface area contributed by atoms with Crippen LogP contribution in [0.5, 0.6) is 5.75 Å².